The van der Waals surface area contributed by atoms with Gasteiger partial charge in [-0.3, -0.25) is 4.98 Å². The summed E-state index contributed by atoms with van der Waals surface area (Å²) in [4.78, 5) is 8.64. The van der Waals surface area contributed by atoms with Crippen LogP contribution in [0.4, 0.5) is 0 Å². The summed E-state index contributed by atoms with van der Waals surface area (Å²) < 4.78 is 5.40. The predicted octanol–water partition coefficient (Wildman–Crippen LogP) is 2.32. The summed E-state index contributed by atoms with van der Waals surface area (Å²) >= 11 is 0. The predicted molar refractivity (Wildman–Crippen MR) is 73.6 cm³/mol. The lowest BCUT2D eigenvalue weighted by Gasteiger charge is -2.20. The summed E-state index contributed by atoms with van der Waals surface area (Å²) in [5, 5.41) is 4.09. The summed E-state index contributed by atoms with van der Waals surface area (Å²) in [6, 6.07) is 1.92. The van der Waals surface area contributed by atoms with Crippen molar-refractivity contribution in [2.75, 3.05) is 6.54 Å². The van der Waals surface area contributed by atoms with Gasteiger partial charge in [0.05, 0.1) is 5.41 Å². The third-order valence-electron chi connectivity index (χ3n) is 3.70. The second-order valence-corrected chi connectivity index (χ2v) is 4.93. The molecule has 0 bridgehead atoms. The molecular weight excluding hydrogens is 240 g/mol. The highest BCUT2D eigenvalue weighted by atomic mass is 16.5. The molecule has 2 aromatic rings. The fourth-order valence-corrected chi connectivity index (χ4v) is 1.89. The van der Waals surface area contributed by atoms with Crippen LogP contribution < -0.4 is 5.73 Å². The highest BCUT2D eigenvalue weighted by molar-refractivity contribution is 5.58. The molecule has 0 aliphatic heterocycles. The number of aryl methyl sites for hydroxylation is 1. The lowest BCUT2D eigenvalue weighted by Crippen LogP contribution is -2.31. The van der Waals surface area contributed by atoms with Crippen LogP contribution in [-0.4, -0.2) is 21.7 Å². The first-order valence-electron chi connectivity index (χ1n) is 6.62. The van der Waals surface area contributed by atoms with E-state index in [-0.39, 0.29) is 5.41 Å². The molecule has 5 nitrogen and oxygen atoms in total. The molecule has 0 fully saturated rings. The van der Waals surface area contributed by atoms with Gasteiger partial charge in [0.1, 0.15) is 0 Å². The number of pyridine rings is 1. The Kier molecular flexibility index (Phi) is 3.95. The Labute approximate surface area is 113 Å². The first-order chi connectivity index (χ1) is 9.14. The molecule has 102 valence electrons. The number of hydrogen-bond donors (Lipinski definition) is 1. The van der Waals surface area contributed by atoms with Crippen molar-refractivity contribution >= 4 is 0 Å². The van der Waals surface area contributed by atoms with Crippen molar-refractivity contribution in [2.45, 2.75) is 39.0 Å². The Hall–Kier alpha value is -1.75. The minimum absolute atomic E-state index is 0.259. The molecule has 2 aromatic heterocycles. The van der Waals surface area contributed by atoms with Crippen LogP contribution in [0, 0.1) is 0 Å². The van der Waals surface area contributed by atoms with Crippen LogP contribution in [0.1, 0.15) is 38.6 Å². The smallest absolute Gasteiger partial charge is 0.234 e. The topological polar surface area (TPSA) is 77.8 Å². The Morgan fingerprint density at radius 3 is 2.79 bits per heavy atom. The van der Waals surface area contributed by atoms with E-state index in [1.165, 1.54) is 0 Å². The van der Waals surface area contributed by atoms with Gasteiger partial charge in [-0.2, -0.15) is 4.98 Å². The maximum atomic E-state index is 5.82. The molecule has 2 heterocycles. The molecule has 0 aliphatic rings. The van der Waals surface area contributed by atoms with Gasteiger partial charge in [0.15, 0.2) is 0 Å². The Morgan fingerprint density at radius 1 is 1.37 bits per heavy atom. The van der Waals surface area contributed by atoms with Crippen LogP contribution >= 0.6 is 0 Å². The average Bonchev–Trinajstić information content (AvgIpc) is 2.96. The number of rotatable bonds is 5. The molecule has 0 aromatic carbocycles. The van der Waals surface area contributed by atoms with Gasteiger partial charge < -0.3 is 10.3 Å². The molecule has 0 saturated heterocycles. The van der Waals surface area contributed by atoms with Gasteiger partial charge in [0.2, 0.25) is 11.7 Å². The van der Waals surface area contributed by atoms with Gasteiger partial charge in [0, 0.05) is 24.5 Å². The molecule has 2 N–H and O–H groups in total. The Bertz CT molecular complexity index is 546. The van der Waals surface area contributed by atoms with Gasteiger partial charge in [-0.1, -0.05) is 19.0 Å². The fourth-order valence-electron chi connectivity index (χ4n) is 1.89. The summed E-state index contributed by atoms with van der Waals surface area (Å²) in [5.74, 6) is 1.22. The van der Waals surface area contributed by atoms with Gasteiger partial charge >= 0.3 is 0 Å². The molecule has 2 rings (SSSR count). The minimum atomic E-state index is -0.259. The maximum Gasteiger partial charge on any atom is 0.234 e. The Morgan fingerprint density at radius 2 is 2.16 bits per heavy atom. The van der Waals surface area contributed by atoms with Crippen LogP contribution in [0.3, 0.4) is 0 Å². The first kappa shape index (κ1) is 13.7. The number of hydrogen-bond acceptors (Lipinski definition) is 5. The van der Waals surface area contributed by atoms with Crippen molar-refractivity contribution in [3.63, 3.8) is 0 Å². The fraction of sp³-hybridized carbons (Fsp3) is 0.500. The maximum absolute atomic E-state index is 5.82. The molecule has 1 unspecified atom stereocenters. The summed E-state index contributed by atoms with van der Waals surface area (Å²) in [6.45, 7) is 6.68. The molecule has 0 radical (unpaired) electrons. The van der Waals surface area contributed by atoms with Crippen LogP contribution in [0.15, 0.2) is 23.0 Å². The lowest BCUT2D eigenvalue weighted by atomic mass is 9.88. The zero-order valence-electron chi connectivity index (χ0n) is 11.7. The van der Waals surface area contributed by atoms with E-state index in [4.69, 9.17) is 10.3 Å². The largest absolute Gasteiger partial charge is 0.338 e. The summed E-state index contributed by atoms with van der Waals surface area (Å²) in [5.41, 5.74) is 7.64. The van der Waals surface area contributed by atoms with Gasteiger partial charge in [-0.05, 0) is 31.4 Å². The number of nitrogens with zero attached hydrogens (tertiary/aromatic N) is 3. The zero-order chi connectivity index (χ0) is 13.9. The first-order valence-corrected chi connectivity index (χ1v) is 6.62. The van der Waals surface area contributed by atoms with Crippen molar-refractivity contribution in [3.05, 3.63) is 29.9 Å². The normalized spacial score (nSPS) is 14.3. The van der Waals surface area contributed by atoms with Gasteiger partial charge in [-0.25, -0.2) is 0 Å². The van der Waals surface area contributed by atoms with Crippen molar-refractivity contribution in [3.8, 4) is 11.4 Å². The summed E-state index contributed by atoms with van der Waals surface area (Å²) in [7, 11) is 0. The SMILES string of the molecule is CCc1cnccc1-c1noc(C(C)(CC)CN)n1. The third kappa shape index (κ3) is 2.51. The molecule has 1 atom stereocenters. The highest BCUT2D eigenvalue weighted by Gasteiger charge is 2.30. The van der Waals surface area contributed by atoms with Crippen molar-refractivity contribution in [1.82, 2.24) is 15.1 Å². The van der Waals surface area contributed by atoms with Crippen LogP contribution in [0.2, 0.25) is 0 Å². The number of nitrogens with two attached hydrogens (primary N) is 1. The molecular formula is C14H20N4O. The minimum Gasteiger partial charge on any atom is -0.338 e. The second kappa shape index (κ2) is 5.48. The quantitative estimate of drug-likeness (QED) is 0.892. The van der Waals surface area contributed by atoms with E-state index in [2.05, 4.69) is 29.0 Å². The van der Waals surface area contributed by atoms with Gasteiger partial charge in [-0.15, -0.1) is 0 Å². The van der Waals surface area contributed by atoms with Crippen molar-refractivity contribution in [2.24, 2.45) is 5.73 Å². The van der Waals surface area contributed by atoms with E-state index in [0.29, 0.717) is 18.3 Å². The van der Waals surface area contributed by atoms with Crippen molar-refractivity contribution in [1.29, 1.82) is 0 Å². The Balaban J connectivity index is 2.41. The molecule has 0 spiro atoms. The average molecular weight is 260 g/mol. The molecule has 0 saturated carbocycles. The zero-order valence-corrected chi connectivity index (χ0v) is 11.7. The van der Waals surface area contributed by atoms with Crippen LogP contribution in [0.25, 0.3) is 11.4 Å². The van der Waals surface area contributed by atoms with E-state index in [9.17, 15) is 0 Å². The molecule has 0 aliphatic carbocycles. The van der Waals surface area contributed by atoms with Crippen molar-refractivity contribution < 1.29 is 4.52 Å². The van der Waals surface area contributed by atoms with E-state index in [1.54, 1.807) is 6.20 Å². The highest BCUT2D eigenvalue weighted by Crippen LogP contribution is 2.28. The molecule has 5 heteroatoms. The van der Waals surface area contributed by atoms with E-state index in [1.807, 2.05) is 19.2 Å². The third-order valence-corrected chi connectivity index (χ3v) is 3.70. The summed E-state index contributed by atoms with van der Waals surface area (Å²) in [6.07, 6.45) is 5.33. The lowest BCUT2D eigenvalue weighted by molar-refractivity contribution is 0.291. The van der Waals surface area contributed by atoms with Crippen LogP contribution in [0.5, 0.6) is 0 Å². The number of aromatic nitrogens is 3. The molecule has 19 heavy (non-hydrogen) atoms. The monoisotopic (exact) mass is 260 g/mol. The van der Waals surface area contributed by atoms with E-state index in [0.717, 1.165) is 24.0 Å². The second-order valence-electron chi connectivity index (χ2n) is 4.93. The molecule has 0 amide bonds. The van der Waals surface area contributed by atoms with E-state index >= 15 is 0 Å². The standard InChI is InChI=1S/C14H20N4O/c1-4-10-8-16-7-6-11(10)12-17-13(19-18-12)14(3,5-2)9-15/h6-8H,4-5,9,15H2,1-3H3. The van der Waals surface area contributed by atoms with E-state index < -0.39 is 0 Å². The van der Waals surface area contributed by atoms with Crippen LogP contribution in [-0.2, 0) is 11.8 Å². The van der Waals surface area contributed by atoms with Gasteiger partial charge in [0.25, 0.3) is 0 Å².